The third-order valence-corrected chi connectivity index (χ3v) is 6.98. The van der Waals surface area contributed by atoms with Crippen LogP contribution in [0.5, 0.6) is 5.75 Å². The lowest BCUT2D eigenvalue weighted by atomic mass is 9.50. The van der Waals surface area contributed by atoms with E-state index in [0.29, 0.717) is 18.3 Å². The zero-order valence-electron chi connectivity index (χ0n) is 15.4. The first-order valence-electron chi connectivity index (χ1n) is 9.97. The number of nitrogens with two attached hydrogens (primary N) is 1. The van der Waals surface area contributed by atoms with Crippen LogP contribution in [0.1, 0.15) is 37.7 Å². The molecule has 4 aliphatic carbocycles. The smallest absolute Gasteiger partial charge is 0.326 e. The van der Waals surface area contributed by atoms with Crippen molar-refractivity contribution in [3.8, 4) is 5.75 Å². The Hall–Kier alpha value is -2.08. The highest BCUT2D eigenvalue weighted by molar-refractivity contribution is 5.87. The fourth-order valence-electron chi connectivity index (χ4n) is 6.07. The maximum absolute atomic E-state index is 12.6. The van der Waals surface area contributed by atoms with Crippen LogP contribution in [0.15, 0.2) is 24.3 Å². The topological polar surface area (TPSA) is 113 Å². The molecule has 27 heavy (non-hydrogen) atoms. The van der Waals surface area contributed by atoms with E-state index in [1.165, 1.54) is 6.42 Å². The van der Waals surface area contributed by atoms with Crippen LogP contribution in [0.2, 0.25) is 0 Å². The van der Waals surface area contributed by atoms with Crippen molar-refractivity contribution < 1.29 is 19.8 Å². The Morgan fingerprint density at radius 1 is 1.04 bits per heavy atom. The zero-order chi connectivity index (χ0) is 19.1. The van der Waals surface area contributed by atoms with Crippen molar-refractivity contribution in [3.63, 3.8) is 0 Å². The van der Waals surface area contributed by atoms with E-state index in [9.17, 15) is 19.8 Å². The number of hydrogen-bond donors (Lipinski definition) is 4. The number of carbonyl (C=O) groups is 2. The molecule has 0 saturated heterocycles. The van der Waals surface area contributed by atoms with Crippen LogP contribution in [-0.4, -0.2) is 34.2 Å². The van der Waals surface area contributed by atoms with E-state index < -0.39 is 24.0 Å². The molecule has 0 heterocycles. The molecular formula is C21H28N2O4. The highest BCUT2D eigenvalue weighted by Gasteiger charge is 2.52. The molecule has 4 fully saturated rings. The Morgan fingerprint density at radius 3 is 2.11 bits per heavy atom. The Labute approximate surface area is 159 Å². The molecule has 4 aliphatic rings. The van der Waals surface area contributed by atoms with Gasteiger partial charge in [-0.2, -0.15) is 0 Å². The van der Waals surface area contributed by atoms with E-state index in [2.05, 4.69) is 5.32 Å². The summed E-state index contributed by atoms with van der Waals surface area (Å²) in [6.07, 6.45) is 6.04. The number of carboxylic acids is 1. The van der Waals surface area contributed by atoms with Crippen molar-refractivity contribution in [1.82, 2.24) is 5.32 Å². The molecule has 6 nitrogen and oxygen atoms in total. The molecule has 0 aliphatic heterocycles. The standard InChI is InChI=1S/C21H28N2O4/c22-17(10-11-1-3-16(24)4-2-11)20(25)23-19(21(26)27)18-14-6-12-5-13(8-14)9-15(18)7-12/h1-4,12-15,17-19,24H,5-10,22H2,(H,23,25)(H,26,27)/t12?,13?,14?,15?,17-,18?,19+/m0/s1. The molecule has 6 heteroatoms. The number of carboxylic acid groups (broad SMARTS) is 1. The van der Waals surface area contributed by atoms with Crippen molar-refractivity contribution in [2.45, 2.75) is 50.6 Å². The van der Waals surface area contributed by atoms with Gasteiger partial charge in [-0.1, -0.05) is 12.1 Å². The molecule has 0 spiro atoms. The lowest BCUT2D eigenvalue weighted by Gasteiger charge is -2.55. The monoisotopic (exact) mass is 372 g/mol. The highest BCUT2D eigenvalue weighted by Crippen LogP contribution is 2.57. The first kappa shape index (κ1) is 18.3. The molecule has 1 aromatic rings. The van der Waals surface area contributed by atoms with Crippen LogP contribution >= 0.6 is 0 Å². The molecule has 1 amide bonds. The Balaban J connectivity index is 1.43. The molecular weight excluding hydrogens is 344 g/mol. The predicted molar refractivity (Wildman–Crippen MR) is 99.9 cm³/mol. The molecule has 4 bridgehead atoms. The molecule has 0 unspecified atom stereocenters. The lowest BCUT2D eigenvalue weighted by Crippen LogP contribution is -2.58. The molecule has 146 valence electrons. The largest absolute Gasteiger partial charge is 0.508 e. The lowest BCUT2D eigenvalue weighted by molar-refractivity contribution is -0.149. The van der Waals surface area contributed by atoms with Crippen LogP contribution in [0.25, 0.3) is 0 Å². The number of rotatable bonds is 6. The first-order chi connectivity index (χ1) is 12.9. The van der Waals surface area contributed by atoms with Crippen molar-refractivity contribution in [2.75, 3.05) is 0 Å². The van der Waals surface area contributed by atoms with Gasteiger partial charge in [0.25, 0.3) is 0 Å². The molecule has 5 rings (SSSR count). The van der Waals surface area contributed by atoms with Gasteiger partial charge in [0, 0.05) is 0 Å². The summed E-state index contributed by atoms with van der Waals surface area (Å²) in [4.78, 5) is 24.6. The molecule has 0 radical (unpaired) electrons. The summed E-state index contributed by atoms with van der Waals surface area (Å²) in [7, 11) is 0. The summed E-state index contributed by atoms with van der Waals surface area (Å²) < 4.78 is 0. The van der Waals surface area contributed by atoms with Crippen LogP contribution < -0.4 is 11.1 Å². The van der Waals surface area contributed by atoms with Gasteiger partial charge in [0.2, 0.25) is 5.91 Å². The second-order valence-corrected chi connectivity index (χ2v) is 8.81. The second-order valence-electron chi connectivity index (χ2n) is 8.81. The Morgan fingerprint density at radius 2 is 1.59 bits per heavy atom. The SMILES string of the molecule is N[C@@H](Cc1ccc(O)cc1)C(=O)N[C@@H](C(=O)O)C1C2CC3CC(C2)CC1C3. The van der Waals surface area contributed by atoms with Gasteiger partial charge in [-0.3, -0.25) is 4.79 Å². The number of nitrogens with one attached hydrogen (secondary N) is 1. The van der Waals surface area contributed by atoms with E-state index in [-0.39, 0.29) is 11.7 Å². The number of amides is 1. The van der Waals surface area contributed by atoms with Gasteiger partial charge < -0.3 is 21.3 Å². The molecule has 0 aromatic heterocycles. The number of aromatic hydroxyl groups is 1. The summed E-state index contributed by atoms with van der Waals surface area (Å²) in [5.74, 6) is 1.16. The Kier molecular flexibility index (Phi) is 4.84. The van der Waals surface area contributed by atoms with Crippen LogP contribution in [0.3, 0.4) is 0 Å². The second kappa shape index (κ2) is 7.15. The third kappa shape index (κ3) is 3.68. The molecule has 1 aromatic carbocycles. The summed E-state index contributed by atoms with van der Waals surface area (Å²) >= 11 is 0. The Bertz CT molecular complexity index is 689. The fraction of sp³-hybridized carbons (Fsp3) is 0.619. The van der Waals surface area contributed by atoms with E-state index >= 15 is 0 Å². The van der Waals surface area contributed by atoms with Crippen LogP contribution in [0, 0.1) is 29.6 Å². The van der Waals surface area contributed by atoms with Crippen LogP contribution in [0.4, 0.5) is 0 Å². The van der Waals surface area contributed by atoms with E-state index in [1.807, 2.05) is 0 Å². The third-order valence-electron chi connectivity index (χ3n) is 6.98. The van der Waals surface area contributed by atoms with Crippen molar-refractivity contribution in [1.29, 1.82) is 0 Å². The average Bonchev–Trinajstić information content (AvgIpc) is 2.61. The van der Waals surface area contributed by atoms with Gasteiger partial charge in [-0.15, -0.1) is 0 Å². The number of carbonyl (C=O) groups excluding carboxylic acids is 1. The van der Waals surface area contributed by atoms with Gasteiger partial charge in [0.05, 0.1) is 6.04 Å². The maximum atomic E-state index is 12.6. The van der Waals surface area contributed by atoms with Gasteiger partial charge in [-0.05, 0) is 85.8 Å². The van der Waals surface area contributed by atoms with E-state index in [4.69, 9.17) is 5.73 Å². The van der Waals surface area contributed by atoms with Gasteiger partial charge >= 0.3 is 5.97 Å². The van der Waals surface area contributed by atoms with Gasteiger partial charge in [0.1, 0.15) is 11.8 Å². The summed E-state index contributed by atoms with van der Waals surface area (Å²) in [6, 6.07) is 4.87. The van der Waals surface area contributed by atoms with Crippen molar-refractivity contribution in [3.05, 3.63) is 29.8 Å². The molecule has 5 N–H and O–H groups in total. The normalized spacial score (nSPS) is 33.4. The molecule has 2 atom stereocenters. The van der Waals surface area contributed by atoms with E-state index in [0.717, 1.165) is 43.1 Å². The number of phenols is 1. The first-order valence-corrected chi connectivity index (χ1v) is 9.97. The number of hydrogen-bond acceptors (Lipinski definition) is 4. The van der Waals surface area contributed by atoms with Crippen molar-refractivity contribution in [2.24, 2.45) is 35.3 Å². The summed E-state index contributed by atoms with van der Waals surface area (Å²) in [5.41, 5.74) is 6.87. The minimum atomic E-state index is -0.947. The quantitative estimate of drug-likeness (QED) is 0.609. The fourth-order valence-corrected chi connectivity index (χ4v) is 6.07. The number of benzene rings is 1. The minimum absolute atomic E-state index is 0.0279. The van der Waals surface area contributed by atoms with Gasteiger partial charge in [0.15, 0.2) is 0 Å². The summed E-state index contributed by atoms with van der Waals surface area (Å²) in [5, 5.41) is 21.9. The summed E-state index contributed by atoms with van der Waals surface area (Å²) in [6.45, 7) is 0. The maximum Gasteiger partial charge on any atom is 0.326 e. The average molecular weight is 372 g/mol. The minimum Gasteiger partial charge on any atom is -0.508 e. The molecule has 4 saturated carbocycles. The zero-order valence-corrected chi connectivity index (χ0v) is 15.4. The number of phenolic OH excluding ortho intramolecular Hbond substituents is 1. The highest BCUT2D eigenvalue weighted by atomic mass is 16.4. The predicted octanol–water partition coefficient (Wildman–Crippen LogP) is 1.90. The van der Waals surface area contributed by atoms with Crippen molar-refractivity contribution >= 4 is 11.9 Å². The van der Waals surface area contributed by atoms with Gasteiger partial charge in [-0.25, -0.2) is 4.79 Å². The number of aliphatic carboxylic acids is 1. The van der Waals surface area contributed by atoms with E-state index in [1.54, 1.807) is 24.3 Å². The van der Waals surface area contributed by atoms with Crippen LogP contribution in [-0.2, 0) is 16.0 Å².